The van der Waals surface area contributed by atoms with Crippen LogP contribution >= 0.6 is 0 Å². The van der Waals surface area contributed by atoms with Gasteiger partial charge in [0, 0.05) is 6.20 Å². The molecule has 20 heavy (non-hydrogen) atoms. The van der Waals surface area contributed by atoms with Crippen molar-refractivity contribution < 1.29 is 27.5 Å². The van der Waals surface area contributed by atoms with Crippen LogP contribution in [0.1, 0.15) is 26.7 Å². The van der Waals surface area contributed by atoms with Gasteiger partial charge in [0.1, 0.15) is 12.3 Å². The standard InChI is InChI=1S/C13H16F3NO3/c1-3-12(7-14)8(2)13(15,16)11(20-12)17-5-4-9(18)6-10(17)19/h4-5,8,11H,3,6-7H2,1-2H3/t8-,11-,12+/m1/s1. The average molecular weight is 291 g/mol. The Labute approximate surface area is 114 Å². The van der Waals surface area contributed by atoms with Crippen molar-refractivity contribution in [3.8, 4) is 0 Å². The summed E-state index contributed by atoms with van der Waals surface area (Å²) < 4.78 is 47.1. The lowest BCUT2D eigenvalue weighted by molar-refractivity contribution is -0.175. The molecule has 7 heteroatoms. The number of hydrogen-bond acceptors (Lipinski definition) is 3. The number of nitrogens with zero attached hydrogens (tertiary/aromatic N) is 1. The van der Waals surface area contributed by atoms with Gasteiger partial charge in [0.25, 0.3) is 5.92 Å². The van der Waals surface area contributed by atoms with E-state index in [0.717, 1.165) is 12.3 Å². The third-order valence-electron chi connectivity index (χ3n) is 4.15. The van der Waals surface area contributed by atoms with Crippen LogP contribution in [0.3, 0.4) is 0 Å². The second-order valence-corrected chi connectivity index (χ2v) is 5.18. The number of amides is 1. The molecule has 0 aliphatic carbocycles. The van der Waals surface area contributed by atoms with E-state index in [4.69, 9.17) is 4.74 Å². The van der Waals surface area contributed by atoms with Gasteiger partial charge >= 0.3 is 0 Å². The predicted octanol–water partition coefficient (Wildman–Crippen LogP) is 2.05. The summed E-state index contributed by atoms with van der Waals surface area (Å²) in [6, 6.07) is 0. The number of ketones is 1. The number of carbonyl (C=O) groups excluding carboxylic acids is 2. The van der Waals surface area contributed by atoms with E-state index in [-0.39, 0.29) is 6.42 Å². The molecule has 4 nitrogen and oxygen atoms in total. The number of ether oxygens (including phenoxy) is 1. The topological polar surface area (TPSA) is 46.6 Å². The molecule has 0 spiro atoms. The molecule has 1 fully saturated rings. The van der Waals surface area contributed by atoms with Crippen LogP contribution in [0.5, 0.6) is 0 Å². The maximum atomic E-state index is 14.3. The first-order chi connectivity index (χ1) is 9.28. The molecule has 0 radical (unpaired) electrons. The molecule has 2 aliphatic rings. The van der Waals surface area contributed by atoms with Crippen LogP contribution in [0.25, 0.3) is 0 Å². The van der Waals surface area contributed by atoms with E-state index >= 15 is 0 Å². The van der Waals surface area contributed by atoms with Crippen LogP contribution in [0.15, 0.2) is 12.3 Å². The van der Waals surface area contributed by atoms with Crippen molar-refractivity contribution in [1.82, 2.24) is 4.90 Å². The van der Waals surface area contributed by atoms with Crippen LogP contribution in [-0.4, -0.2) is 41.0 Å². The zero-order valence-corrected chi connectivity index (χ0v) is 11.2. The van der Waals surface area contributed by atoms with Crippen molar-refractivity contribution in [2.45, 2.75) is 44.4 Å². The maximum absolute atomic E-state index is 14.3. The summed E-state index contributed by atoms with van der Waals surface area (Å²) in [6.45, 7) is 1.72. The molecule has 3 atom stereocenters. The first kappa shape index (κ1) is 15.0. The van der Waals surface area contributed by atoms with Gasteiger partial charge in [-0.2, -0.15) is 0 Å². The van der Waals surface area contributed by atoms with E-state index in [2.05, 4.69) is 0 Å². The minimum absolute atomic E-state index is 0.0709. The Morgan fingerprint density at radius 3 is 2.55 bits per heavy atom. The number of rotatable bonds is 3. The van der Waals surface area contributed by atoms with E-state index in [0.29, 0.717) is 4.90 Å². The van der Waals surface area contributed by atoms with E-state index in [1.807, 2.05) is 0 Å². The summed E-state index contributed by atoms with van der Waals surface area (Å²) in [5.41, 5.74) is -1.61. The molecule has 2 rings (SSSR count). The molecule has 2 heterocycles. The van der Waals surface area contributed by atoms with Gasteiger partial charge in [0.15, 0.2) is 5.78 Å². The molecule has 0 aromatic heterocycles. The van der Waals surface area contributed by atoms with Crippen molar-refractivity contribution in [1.29, 1.82) is 0 Å². The molecule has 0 unspecified atom stereocenters. The normalized spacial score (nSPS) is 36.8. The van der Waals surface area contributed by atoms with Crippen LogP contribution in [0.2, 0.25) is 0 Å². The molecule has 0 aromatic carbocycles. The van der Waals surface area contributed by atoms with Gasteiger partial charge in [-0.05, 0) is 12.5 Å². The Kier molecular flexibility index (Phi) is 3.66. The molecule has 0 bridgehead atoms. The third kappa shape index (κ3) is 2.04. The number of allylic oxidation sites excluding steroid dienone is 1. The van der Waals surface area contributed by atoms with E-state index in [9.17, 15) is 22.8 Å². The molecule has 2 aliphatic heterocycles. The Bertz CT molecular complexity index is 460. The van der Waals surface area contributed by atoms with Gasteiger partial charge < -0.3 is 4.74 Å². The smallest absolute Gasteiger partial charge is 0.297 e. The third-order valence-corrected chi connectivity index (χ3v) is 4.15. The molecule has 0 saturated carbocycles. The lowest BCUT2D eigenvalue weighted by atomic mass is 9.85. The van der Waals surface area contributed by atoms with Gasteiger partial charge in [0.05, 0.1) is 12.3 Å². The highest BCUT2D eigenvalue weighted by molar-refractivity contribution is 6.06. The fourth-order valence-electron chi connectivity index (χ4n) is 2.60. The Morgan fingerprint density at radius 1 is 1.45 bits per heavy atom. The molecule has 0 aromatic rings. The van der Waals surface area contributed by atoms with Crippen LogP contribution in [0.4, 0.5) is 13.2 Å². The molecule has 112 valence electrons. The van der Waals surface area contributed by atoms with Crippen LogP contribution in [-0.2, 0) is 14.3 Å². The van der Waals surface area contributed by atoms with E-state index in [1.54, 1.807) is 6.92 Å². The quantitative estimate of drug-likeness (QED) is 0.748. The summed E-state index contributed by atoms with van der Waals surface area (Å²) >= 11 is 0. The van der Waals surface area contributed by atoms with Crippen LogP contribution in [0, 0.1) is 5.92 Å². The summed E-state index contributed by atoms with van der Waals surface area (Å²) in [5, 5.41) is 0. The Hall–Kier alpha value is -1.37. The fourth-order valence-corrected chi connectivity index (χ4v) is 2.60. The molecule has 1 amide bonds. The van der Waals surface area contributed by atoms with Crippen molar-refractivity contribution in [3.05, 3.63) is 12.3 Å². The zero-order chi connectivity index (χ0) is 15.1. The Morgan fingerprint density at radius 2 is 2.10 bits per heavy atom. The van der Waals surface area contributed by atoms with E-state index < -0.39 is 48.5 Å². The lowest BCUT2D eigenvalue weighted by Crippen LogP contribution is -2.48. The van der Waals surface area contributed by atoms with Crippen molar-refractivity contribution in [2.75, 3.05) is 6.67 Å². The minimum Gasteiger partial charge on any atom is -0.342 e. The van der Waals surface area contributed by atoms with Crippen molar-refractivity contribution >= 4 is 11.7 Å². The van der Waals surface area contributed by atoms with Gasteiger partial charge in [-0.15, -0.1) is 0 Å². The van der Waals surface area contributed by atoms with Gasteiger partial charge in [-0.1, -0.05) is 13.8 Å². The summed E-state index contributed by atoms with van der Waals surface area (Å²) in [4.78, 5) is 23.5. The highest BCUT2D eigenvalue weighted by atomic mass is 19.3. The number of hydrogen-bond donors (Lipinski definition) is 0. The second kappa shape index (κ2) is 4.87. The predicted molar refractivity (Wildman–Crippen MR) is 63.6 cm³/mol. The van der Waals surface area contributed by atoms with Crippen molar-refractivity contribution in [2.24, 2.45) is 5.92 Å². The molecular formula is C13H16F3NO3. The minimum atomic E-state index is -3.39. The monoisotopic (exact) mass is 291 g/mol. The summed E-state index contributed by atoms with van der Waals surface area (Å²) in [5.74, 6) is -5.97. The number of alkyl halides is 3. The Balaban J connectivity index is 2.35. The highest BCUT2D eigenvalue weighted by Gasteiger charge is 2.65. The molecular weight excluding hydrogens is 275 g/mol. The number of halogens is 3. The summed E-state index contributed by atoms with van der Waals surface area (Å²) in [7, 11) is 0. The van der Waals surface area contributed by atoms with Gasteiger partial charge in [0.2, 0.25) is 12.1 Å². The molecule has 0 N–H and O–H groups in total. The van der Waals surface area contributed by atoms with Crippen molar-refractivity contribution in [3.63, 3.8) is 0 Å². The average Bonchev–Trinajstić information content (AvgIpc) is 2.60. The fraction of sp³-hybridized carbons (Fsp3) is 0.692. The van der Waals surface area contributed by atoms with E-state index in [1.165, 1.54) is 6.92 Å². The summed E-state index contributed by atoms with van der Waals surface area (Å²) in [6.07, 6.45) is -0.238. The van der Waals surface area contributed by atoms with Gasteiger partial charge in [-0.25, -0.2) is 13.2 Å². The largest absolute Gasteiger partial charge is 0.342 e. The second-order valence-electron chi connectivity index (χ2n) is 5.18. The first-order valence-corrected chi connectivity index (χ1v) is 6.42. The number of carbonyl (C=O) groups is 2. The highest BCUT2D eigenvalue weighted by Crippen LogP contribution is 2.50. The zero-order valence-electron chi connectivity index (χ0n) is 11.2. The molecule has 1 saturated heterocycles. The first-order valence-electron chi connectivity index (χ1n) is 6.42. The lowest BCUT2D eigenvalue weighted by Gasteiger charge is -2.31. The van der Waals surface area contributed by atoms with Gasteiger partial charge in [-0.3, -0.25) is 14.5 Å². The SMILES string of the molecule is CC[C@@]1(CF)O[C@@H](N2C=CC(=O)CC2=O)C(F)(F)[C@@H]1C. The van der Waals surface area contributed by atoms with Crippen LogP contribution < -0.4 is 0 Å². The maximum Gasteiger partial charge on any atom is 0.297 e.